The molecule has 0 N–H and O–H groups in total. The number of Topliss-reactive ketones (excluding diaryl/α,β-unsaturated/α-hetero) is 1. The Bertz CT molecular complexity index is 831. The standard InChI is InChI=1S/C33H52O2/c1-21(5-6-22(2)34)29-11-12-30-28-10-9-26-19-27(35-20-25-18-23-7-8-24(25)17-23)13-15-32(26,3)31(28)14-16-33(29,30)4/h7-8,21,23-31H,5-6,9-20H2,1-4H3. The van der Waals surface area contributed by atoms with Crippen LogP contribution in [0.5, 0.6) is 0 Å². The fourth-order valence-electron chi connectivity index (χ4n) is 11.3. The molecule has 0 aromatic rings. The van der Waals surface area contributed by atoms with Crippen molar-refractivity contribution in [1.29, 1.82) is 0 Å². The maximum Gasteiger partial charge on any atom is 0.129 e. The molecule has 12 unspecified atom stereocenters. The van der Waals surface area contributed by atoms with Crippen LogP contribution in [-0.4, -0.2) is 18.5 Å². The number of fused-ring (bicyclic) bond motifs is 7. The highest BCUT2D eigenvalue weighted by Crippen LogP contribution is 2.68. The van der Waals surface area contributed by atoms with Gasteiger partial charge in [0.25, 0.3) is 0 Å². The molecule has 0 amide bonds. The van der Waals surface area contributed by atoms with E-state index in [1.165, 1.54) is 70.6 Å². The number of hydrogen-bond donors (Lipinski definition) is 0. The van der Waals surface area contributed by atoms with E-state index >= 15 is 0 Å². The molecule has 2 bridgehead atoms. The zero-order valence-corrected chi connectivity index (χ0v) is 23.1. The van der Waals surface area contributed by atoms with Crippen LogP contribution >= 0.6 is 0 Å². The monoisotopic (exact) mass is 480 g/mol. The summed E-state index contributed by atoms with van der Waals surface area (Å²) >= 11 is 0. The van der Waals surface area contributed by atoms with Crippen molar-refractivity contribution in [1.82, 2.24) is 0 Å². The molecule has 196 valence electrons. The maximum atomic E-state index is 11.6. The van der Waals surface area contributed by atoms with Crippen LogP contribution in [0.2, 0.25) is 0 Å². The fraction of sp³-hybridized carbons (Fsp3) is 0.909. The molecule has 0 saturated heterocycles. The fourth-order valence-corrected chi connectivity index (χ4v) is 11.3. The highest BCUT2D eigenvalue weighted by atomic mass is 16.5. The number of ether oxygens (including phenoxy) is 1. The number of allylic oxidation sites excluding steroid dienone is 2. The molecule has 5 fully saturated rings. The summed E-state index contributed by atoms with van der Waals surface area (Å²) in [6, 6.07) is 0. The molecule has 35 heavy (non-hydrogen) atoms. The smallest absolute Gasteiger partial charge is 0.129 e. The van der Waals surface area contributed by atoms with Gasteiger partial charge in [-0.25, -0.2) is 0 Å². The lowest BCUT2D eigenvalue weighted by Gasteiger charge is -2.61. The minimum absolute atomic E-state index is 0.374. The summed E-state index contributed by atoms with van der Waals surface area (Å²) in [4.78, 5) is 11.6. The van der Waals surface area contributed by atoms with Crippen molar-refractivity contribution < 1.29 is 9.53 Å². The minimum atomic E-state index is 0.374. The molecule has 0 radical (unpaired) electrons. The van der Waals surface area contributed by atoms with Crippen molar-refractivity contribution in [2.75, 3.05) is 6.61 Å². The second-order valence-electron chi connectivity index (χ2n) is 14.9. The first-order valence-electron chi connectivity index (χ1n) is 15.6. The molecular formula is C33H52O2. The maximum absolute atomic E-state index is 11.6. The van der Waals surface area contributed by atoms with E-state index in [1.807, 2.05) is 0 Å². The van der Waals surface area contributed by atoms with Gasteiger partial charge in [0.2, 0.25) is 0 Å². The molecule has 0 aromatic heterocycles. The van der Waals surface area contributed by atoms with Crippen LogP contribution < -0.4 is 0 Å². The Morgan fingerprint density at radius 3 is 2.49 bits per heavy atom. The SMILES string of the molecule is CC(=O)CCC(C)C1CCC2C3CCC4CC(OCC5CC6C=CC5C6)CCC4(C)C3CCC12C. The number of hydrogen-bond acceptors (Lipinski definition) is 2. The molecule has 0 spiro atoms. The molecule has 6 aliphatic rings. The van der Waals surface area contributed by atoms with E-state index in [1.54, 1.807) is 6.92 Å². The first-order valence-corrected chi connectivity index (χ1v) is 15.6. The van der Waals surface area contributed by atoms with Gasteiger partial charge in [-0.1, -0.05) is 32.9 Å². The van der Waals surface area contributed by atoms with Gasteiger partial charge in [0.15, 0.2) is 0 Å². The van der Waals surface area contributed by atoms with E-state index in [9.17, 15) is 4.79 Å². The van der Waals surface area contributed by atoms with Crippen LogP contribution in [0.4, 0.5) is 0 Å². The van der Waals surface area contributed by atoms with Crippen molar-refractivity contribution in [2.24, 2.45) is 64.1 Å². The highest BCUT2D eigenvalue weighted by molar-refractivity contribution is 5.75. The normalized spacial score (nSPS) is 51.0. The van der Waals surface area contributed by atoms with E-state index < -0.39 is 0 Å². The lowest BCUT2D eigenvalue weighted by Crippen LogP contribution is -2.54. The number of carbonyl (C=O) groups is 1. The second-order valence-corrected chi connectivity index (χ2v) is 14.9. The lowest BCUT2D eigenvalue weighted by atomic mass is 9.44. The third-order valence-corrected chi connectivity index (χ3v) is 13.3. The van der Waals surface area contributed by atoms with E-state index in [4.69, 9.17) is 4.74 Å². The number of carbonyl (C=O) groups excluding carboxylic acids is 1. The van der Waals surface area contributed by atoms with E-state index in [0.717, 1.165) is 66.8 Å². The van der Waals surface area contributed by atoms with Crippen LogP contribution in [-0.2, 0) is 9.53 Å². The van der Waals surface area contributed by atoms with Gasteiger partial charge in [-0.2, -0.15) is 0 Å². The Kier molecular flexibility index (Phi) is 6.55. The van der Waals surface area contributed by atoms with Gasteiger partial charge < -0.3 is 9.53 Å². The van der Waals surface area contributed by atoms with E-state index in [-0.39, 0.29) is 0 Å². The predicted molar refractivity (Wildman–Crippen MR) is 143 cm³/mol. The molecule has 6 aliphatic carbocycles. The minimum Gasteiger partial charge on any atom is -0.378 e. The summed E-state index contributed by atoms with van der Waals surface area (Å²) in [7, 11) is 0. The summed E-state index contributed by atoms with van der Waals surface area (Å²) in [6.07, 6.45) is 22.9. The largest absolute Gasteiger partial charge is 0.378 e. The molecule has 2 nitrogen and oxygen atoms in total. The number of ketones is 1. The molecular weight excluding hydrogens is 428 g/mol. The van der Waals surface area contributed by atoms with Gasteiger partial charge in [-0.3, -0.25) is 0 Å². The molecule has 5 saturated carbocycles. The van der Waals surface area contributed by atoms with Gasteiger partial charge in [0.1, 0.15) is 5.78 Å². The Morgan fingerprint density at radius 1 is 0.943 bits per heavy atom. The van der Waals surface area contributed by atoms with Gasteiger partial charge >= 0.3 is 0 Å². The van der Waals surface area contributed by atoms with Gasteiger partial charge in [0, 0.05) is 6.42 Å². The molecule has 0 heterocycles. The number of rotatable bonds is 7. The van der Waals surface area contributed by atoms with E-state index in [0.29, 0.717) is 28.6 Å². The third-order valence-electron chi connectivity index (χ3n) is 13.3. The van der Waals surface area contributed by atoms with Crippen LogP contribution in [0.3, 0.4) is 0 Å². The molecule has 0 aromatic carbocycles. The summed E-state index contributed by atoms with van der Waals surface area (Å²) in [5.41, 5.74) is 1.08. The van der Waals surface area contributed by atoms with Crippen molar-refractivity contribution in [3.8, 4) is 0 Å². The molecule has 6 rings (SSSR count). The lowest BCUT2D eigenvalue weighted by molar-refractivity contribution is -0.139. The van der Waals surface area contributed by atoms with Crippen LogP contribution in [0.15, 0.2) is 12.2 Å². The average Bonchev–Trinajstić information content (AvgIpc) is 3.55. The Hall–Kier alpha value is -0.630. The summed E-state index contributed by atoms with van der Waals surface area (Å²) in [6.45, 7) is 10.6. The Morgan fingerprint density at radius 2 is 1.74 bits per heavy atom. The van der Waals surface area contributed by atoms with Crippen molar-refractivity contribution in [2.45, 2.75) is 117 Å². The first-order chi connectivity index (χ1) is 16.8. The van der Waals surface area contributed by atoms with Crippen molar-refractivity contribution in [3.63, 3.8) is 0 Å². The zero-order valence-electron chi connectivity index (χ0n) is 23.1. The molecule has 12 atom stereocenters. The average molecular weight is 481 g/mol. The topological polar surface area (TPSA) is 26.3 Å². The quantitative estimate of drug-likeness (QED) is 0.343. The van der Waals surface area contributed by atoms with E-state index in [2.05, 4.69) is 32.9 Å². The van der Waals surface area contributed by atoms with Gasteiger partial charge in [0.05, 0.1) is 12.7 Å². The van der Waals surface area contributed by atoms with Crippen molar-refractivity contribution >= 4 is 5.78 Å². The summed E-state index contributed by atoms with van der Waals surface area (Å²) in [5, 5.41) is 0. The second kappa shape index (κ2) is 9.28. The molecule has 2 heteroatoms. The van der Waals surface area contributed by atoms with Crippen LogP contribution in [0, 0.1) is 64.1 Å². The highest BCUT2D eigenvalue weighted by Gasteiger charge is 2.60. The van der Waals surface area contributed by atoms with Gasteiger partial charge in [-0.15, -0.1) is 0 Å². The summed E-state index contributed by atoms with van der Waals surface area (Å²) in [5.74, 6) is 8.13. The van der Waals surface area contributed by atoms with Gasteiger partial charge in [-0.05, 0) is 148 Å². The Labute approximate surface area is 215 Å². The first kappa shape index (κ1) is 24.7. The van der Waals surface area contributed by atoms with Crippen LogP contribution in [0.1, 0.15) is 111 Å². The molecule has 0 aliphatic heterocycles. The van der Waals surface area contributed by atoms with Crippen molar-refractivity contribution in [3.05, 3.63) is 12.2 Å². The van der Waals surface area contributed by atoms with Crippen LogP contribution in [0.25, 0.3) is 0 Å². The summed E-state index contributed by atoms with van der Waals surface area (Å²) < 4.78 is 6.66. The Balaban J connectivity index is 1.08. The zero-order chi connectivity index (χ0) is 24.4. The third kappa shape index (κ3) is 4.21. The predicted octanol–water partition coefficient (Wildman–Crippen LogP) is 8.25.